The van der Waals surface area contributed by atoms with Gasteiger partial charge in [0.15, 0.2) is 5.82 Å². The molecule has 8 heteroatoms. The van der Waals surface area contributed by atoms with Crippen LogP contribution in [-0.2, 0) is 19.6 Å². The first kappa shape index (κ1) is 16.9. The maximum absolute atomic E-state index is 4.81. The summed E-state index contributed by atoms with van der Waals surface area (Å²) in [5, 5.41) is 12.4. The molecule has 0 bridgehead atoms. The fraction of sp³-hybridized carbons (Fsp3) is 0.300. The molecule has 0 aliphatic carbocycles. The third-order valence-corrected chi connectivity index (χ3v) is 5.19. The van der Waals surface area contributed by atoms with Crippen LogP contribution in [0.5, 0.6) is 0 Å². The molecule has 28 heavy (non-hydrogen) atoms. The Labute approximate surface area is 162 Å². The Morgan fingerprint density at radius 1 is 1.18 bits per heavy atom. The third kappa shape index (κ3) is 3.22. The lowest BCUT2D eigenvalue weighted by molar-refractivity contribution is 0.468. The zero-order chi connectivity index (χ0) is 18.8. The molecule has 8 nitrogen and oxygen atoms in total. The predicted octanol–water partition coefficient (Wildman–Crippen LogP) is 2.12. The summed E-state index contributed by atoms with van der Waals surface area (Å²) in [7, 11) is 0. The molecule has 4 heterocycles. The molecule has 1 N–H and O–H groups in total. The standard InChI is InChI=1S/C20H22N8/c1-2-4-16(5-3-1)19(6-9-26-15-22-14-24-26)27-10-8-23-20(27)18-12-17-13-21-7-11-28(17)25-18/h1-5,8,10,12,14-15,19,21H,6-7,9,11,13H2. The van der Waals surface area contributed by atoms with Crippen LogP contribution in [0.3, 0.4) is 0 Å². The van der Waals surface area contributed by atoms with Gasteiger partial charge in [0.2, 0.25) is 0 Å². The second kappa shape index (κ2) is 7.40. The quantitative estimate of drug-likeness (QED) is 0.559. The summed E-state index contributed by atoms with van der Waals surface area (Å²) in [6, 6.07) is 12.8. The number of nitrogens with zero attached hydrogens (tertiary/aromatic N) is 7. The molecule has 0 fully saturated rings. The Morgan fingerprint density at radius 2 is 2.11 bits per heavy atom. The van der Waals surface area contributed by atoms with E-state index in [1.54, 1.807) is 12.7 Å². The first-order valence-corrected chi connectivity index (χ1v) is 9.56. The van der Waals surface area contributed by atoms with E-state index in [0.29, 0.717) is 0 Å². The van der Waals surface area contributed by atoms with Crippen molar-refractivity contribution in [2.24, 2.45) is 0 Å². The van der Waals surface area contributed by atoms with Crippen LogP contribution in [0.4, 0.5) is 0 Å². The summed E-state index contributed by atoms with van der Waals surface area (Å²) >= 11 is 0. The van der Waals surface area contributed by atoms with Crippen molar-refractivity contribution in [3.8, 4) is 11.5 Å². The minimum absolute atomic E-state index is 0.139. The number of hydrogen-bond donors (Lipinski definition) is 1. The molecule has 142 valence electrons. The van der Waals surface area contributed by atoms with Gasteiger partial charge >= 0.3 is 0 Å². The van der Waals surface area contributed by atoms with E-state index in [2.05, 4.69) is 60.0 Å². The Kier molecular flexibility index (Phi) is 4.46. The van der Waals surface area contributed by atoms with Crippen LogP contribution in [0.1, 0.15) is 23.7 Å². The monoisotopic (exact) mass is 374 g/mol. The summed E-state index contributed by atoms with van der Waals surface area (Å²) in [5.74, 6) is 0.898. The molecule has 1 aliphatic rings. The Hall–Kier alpha value is -3.26. The van der Waals surface area contributed by atoms with Gasteiger partial charge in [-0.1, -0.05) is 30.3 Å². The van der Waals surface area contributed by atoms with Crippen LogP contribution in [-0.4, -0.2) is 40.6 Å². The lowest BCUT2D eigenvalue weighted by Crippen LogP contribution is -2.28. The topological polar surface area (TPSA) is 78.4 Å². The van der Waals surface area contributed by atoms with Gasteiger partial charge in [0.25, 0.3) is 0 Å². The van der Waals surface area contributed by atoms with Crippen molar-refractivity contribution in [3.63, 3.8) is 0 Å². The number of rotatable bonds is 6. The van der Waals surface area contributed by atoms with Crippen LogP contribution in [0.2, 0.25) is 0 Å². The van der Waals surface area contributed by atoms with Gasteiger partial charge in [0, 0.05) is 32.0 Å². The van der Waals surface area contributed by atoms with E-state index in [1.807, 2.05) is 23.1 Å². The van der Waals surface area contributed by atoms with Gasteiger partial charge in [-0.3, -0.25) is 9.36 Å². The molecule has 4 aromatic rings. The smallest absolute Gasteiger partial charge is 0.161 e. The van der Waals surface area contributed by atoms with Crippen molar-refractivity contribution in [2.75, 3.05) is 6.54 Å². The summed E-state index contributed by atoms with van der Waals surface area (Å²) in [6.07, 6.45) is 8.12. The lowest BCUT2D eigenvalue weighted by atomic mass is 10.0. The Bertz CT molecular complexity index is 1010. The highest BCUT2D eigenvalue weighted by Crippen LogP contribution is 2.28. The molecule has 1 aliphatic heterocycles. The second-order valence-corrected chi connectivity index (χ2v) is 6.95. The highest BCUT2D eigenvalue weighted by molar-refractivity contribution is 5.51. The number of aromatic nitrogens is 7. The van der Waals surface area contributed by atoms with Gasteiger partial charge in [0.1, 0.15) is 18.3 Å². The number of fused-ring (bicyclic) bond motifs is 1. The SMILES string of the molecule is c1ccc(C(CCn2cncn2)n2ccnc2-c2cc3n(n2)CCNC3)cc1. The molecular weight excluding hydrogens is 352 g/mol. The molecule has 0 saturated carbocycles. The van der Waals surface area contributed by atoms with Gasteiger partial charge in [-0.05, 0) is 18.1 Å². The fourth-order valence-electron chi connectivity index (χ4n) is 3.81. The maximum atomic E-state index is 4.81. The van der Waals surface area contributed by atoms with E-state index < -0.39 is 0 Å². The van der Waals surface area contributed by atoms with Crippen molar-refractivity contribution < 1.29 is 0 Å². The highest BCUT2D eigenvalue weighted by Gasteiger charge is 2.21. The van der Waals surface area contributed by atoms with Crippen molar-refractivity contribution in [1.82, 2.24) is 39.4 Å². The van der Waals surface area contributed by atoms with Crippen LogP contribution < -0.4 is 5.32 Å². The zero-order valence-electron chi connectivity index (χ0n) is 15.5. The summed E-state index contributed by atoms with van der Waals surface area (Å²) in [4.78, 5) is 8.71. The fourth-order valence-corrected chi connectivity index (χ4v) is 3.81. The van der Waals surface area contributed by atoms with Gasteiger partial charge < -0.3 is 9.88 Å². The van der Waals surface area contributed by atoms with Gasteiger partial charge in [0.05, 0.1) is 18.3 Å². The average Bonchev–Trinajstić information content (AvgIpc) is 3.49. The number of aryl methyl sites for hydroxylation is 1. The van der Waals surface area contributed by atoms with E-state index in [1.165, 1.54) is 11.3 Å². The van der Waals surface area contributed by atoms with Crippen LogP contribution in [0.15, 0.2) is 61.4 Å². The molecule has 3 aromatic heterocycles. The molecule has 1 atom stereocenters. The minimum Gasteiger partial charge on any atom is -0.322 e. The van der Waals surface area contributed by atoms with Crippen LogP contribution >= 0.6 is 0 Å². The van der Waals surface area contributed by atoms with Crippen molar-refractivity contribution >= 4 is 0 Å². The van der Waals surface area contributed by atoms with E-state index >= 15 is 0 Å². The van der Waals surface area contributed by atoms with Gasteiger partial charge in [-0.2, -0.15) is 10.2 Å². The molecule has 0 saturated heterocycles. The zero-order valence-corrected chi connectivity index (χ0v) is 15.5. The first-order chi connectivity index (χ1) is 13.9. The Balaban J connectivity index is 1.51. The summed E-state index contributed by atoms with van der Waals surface area (Å²) in [6.45, 7) is 3.47. The number of benzene rings is 1. The summed E-state index contributed by atoms with van der Waals surface area (Å²) < 4.78 is 6.18. The van der Waals surface area contributed by atoms with Crippen LogP contribution in [0.25, 0.3) is 11.5 Å². The maximum Gasteiger partial charge on any atom is 0.161 e. The normalized spacial score (nSPS) is 14.7. The summed E-state index contributed by atoms with van der Waals surface area (Å²) in [5.41, 5.74) is 3.37. The average molecular weight is 374 g/mol. The predicted molar refractivity (Wildman–Crippen MR) is 104 cm³/mol. The van der Waals surface area contributed by atoms with E-state index in [0.717, 1.165) is 44.1 Å². The molecule has 0 spiro atoms. The number of nitrogens with one attached hydrogen (secondary N) is 1. The Morgan fingerprint density at radius 3 is 2.93 bits per heavy atom. The molecular formula is C20H22N8. The molecule has 0 radical (unpaired) electrons. The molecule has 1 unspecified atom stereocenters. The largest absolute Gasteiger partial charge is 0.322 e. The second-order valence-electron chi connectivity index (χ2n) is 6.95. The van der Waals surface area contributed by atoms with Crippen LogP contribution in [0, 0.1) is 0 Å². The molecule has 5 rings (SSSR count). The van der Waals surface area contributed by atoms with Crippen molar-refractivity contribution in [1.29, 1.82) is 0 Å². The first-order valence-electron chi connectivity index (χ1n) is 9.56. The number of hydrogen-bond acceptors (Lipinski definition) is 5. The molecule has 1 aromatic carbocycles. The minimum atomic E-state index is 0.139. The van der Waals surface area contributed by atoms with E-state index in [9.17, 15) is 0 Å². The van der Waals surface area contributed by atoms with Gasteiger partial charge in [-0.25, -0.2) is 9.97 Å². The van der Waals surface area contributed by atoms with Crippen molar-refractivity contribution in [2.45, 2.75) is 32.1 Å². The van der Waals surface area contributed by atoms with E-state index in [4.69, 9.17) is 5.10 Å². The van der Waals surface area contributed by atoms with Crippen molar-refractivity contribution in [3.05, 3.63) is 72.7 Å². The third-order valence-electron chi connectivity index (χ3n) is 5.19. The highest BCUT2D eigenvalue weighted by atomic mass is 15.3. The number of imidazole rings is 1. The lowest BCUT2D eigenvalue weighted by Gasteiger charge is -2.21. The van der Waals surface area contributed by atoms with E-state index in [-0.39, 0.29) is 6.04 Å². The van der Waals surface area contributed by atoms with Gasteiger partial charge in [-0.15, -0.1) is 0 Å². The molecule has 0 amide bonds.